The SMILES string of the molecule is COC(=O)N1CC(CN[C@@H](CCN2C3CCC2CC(n2c(C)nc4ccccc42)C3)c2ccccc2)C1. The van der Waals surface area contributed by atoms with Crippen molar-refractivity contribution < 1.29 is 9.53 Å². The fourth-order valence-electron chi connectivity index (χ4n) is 7.08. The van der Waals surface area contributed by atoms with Gasteiger partial charge in [0, 0.05) is 56.3 Å². The molecule has 1 aromatic heterocycles. The van der Waals surface area contributed by atoms with E-state index in [1.165, 1.54) is 43.9 Å². The third kappa shape index (κ3) is 4.87. The molecule has 0 spiro atoms. The molecule has 0 radical (unpaired) electrons. The van der Waals surface area contributed by atoms with Gasteiger partial charge in [-0.2, -0.15) is 0 Å². The number of nitrogens with zero attached hydrogens (tertiary/aromatic N) is 4. The molecule has 6 rings (SSSR count). The summed E-state index contributed by atoms with van der Waals surface area (Å²) < 4.78 is 7.36. The maximum absolute atomic E-state index is 11.7. The van der Waals surface area contributed by atoms with E-state index in [-0.39, 0.29) is 6.09 Å². The van der Waals surface area contributed by atoms with Crippen LogP contribution in [0.25, 0.3) is 11.0 Å². The van der Waals surface area contributed by atoms with Crippen molar-refractivity contribution in [1.29, 1.82) is 0 Å². The molecule has 7 heteroatoms. The van der Waals surface area contributed by atoms with Gasteiger partial charge in [0.1, 0.15) is 5.82 Å². The molecule has 3 saturated heterocycles. The number of hydrogen-bond donors (Lipinski definition) is 1. The van der Waals surface area contributed by atoms with Crippen LogP contribution in [0, 0.1) is 12.8 Å². The third-order valence-corrected chi connectivity index (χ3v) is 8.92. The highest BCUT2D eigenvalue weighted by atomic mass is 16.5. The van der Waals surface area contributed by atoms with Gasteiger partial charge in [0.15, 0.2) is 0 Å². The Hall–Kier alpha value is -2.90. The second kappa shape index (κ2) is 10.5. The maximum atomic E-state index is 11.7. The molecule has 3 aliphatic heterocycles. The highest BCUT2D eigenvalue weighted by Crippen LogP contribution is 2.42. The number of benzene rings is 2. The van der Waals surface area contributed by atoms with Gasteiger partial charge in [-0.05, 0) is 56.7 Å². The van der Waals surface area contributed by atoms with Crippen LogP contribution in [0.2, 0.25) is 0 Å². The minimum absolute atomic E-state index is 0.214. The third-order valence-electron chi connectivity index (χ3n) is 8.92. The highest BCUT2D eigenvalue weighted by Gasteiger charge is 2.42. The number of methoxy groups -OCH3 is 1. The number of para-hydroxylation sites is 2. The maximum Gasteiger partial charge on any atom is 0.409 e. The van der Waals surface area contributed by atoms with E-state index in [1.807, 2.05) is 0 Å². The monoisotopic (exact) mass is 501 g/mol. The van der Waals surface area contributed by atoms with E-state index < -0.39 is 0 Å². The van der Waals surface area contributed by atoms with Gasteiger partial charge in [-0.3, -0.25) is 4.90 Å². The molecule has 4 heterocycles. The number of carbonyl (C=O) groups excluding carboxylic acids is 1. The number of carbonyl (C=O) groups is 1. The molecule has 0 saturated carbocycles. The molecule has 2 bridgehead atoms. The highest BCUT2D eigenvalue weighted by molar-refractivity contribution is 5.76. The van der Waals surface area contributed by atoms with E-state index in [9.17, 15) is 4.79 Å². The van der Waals surface area contributed by atoms with Gasteiger partial charge in [-0.1, -0.05) is 42.5 Å². The first-order valence-corrected chi connectivity index (χ1v) is 13.9. The predicted molar refractivity (Wildman–Crippen MR) is 146 cm³/mol. The molecular formula is C30H39N5O2. The summed E-state index contributed by atoms with van der Waals surface area (Å²) in [6.45, 7) is 5.77. The van der Waals surface area contributed by atoms with Gasteiger partial charge in [-0.25, -0.2) is 9.78 Å². The lowest BCUT2D eigenvalue weighted by atomic mass is 9.94. The standard InChI is InChI=1S/C30H39N5O2/c1-21-32-28-10-6-7-11-29(28)35(21)26-16-24-12-13-25(17-26)34(24)15-14-27(23-8-4-3-5-9-23)31-18-22-19-33(20-22)30(36)37-2/h3-11,22,24-27,31H,12-20H2,1-2H3/t24?,25?,26?,27-/m0/s1. The number of ether oxygens (including phenoxy) is 1. The minimum atomic E-state index is -0.214. The number of aromatic nitrogens is 2. The molecule has 0 aliphatic carbocycles. The Bertz CT molecular complexity index is 1210. The van der Waals surface area contributed by atoms with E-state index >= 15 is 0 Å². The summed E-state index contributed by atoms with van der Waals surface area (Å²) in [6, 6.07) is 21.6. The Balaban J connectivity index is 1.09. The molecule has 3 fully saturated rings. The zero-order valence-electron chi connectivity index (χ0n) is 22.1. The van der Waals surface area contributed by atoms with Gasteiger partial charge < -0.3 is 19.5 Å². The molecule has 196 valence electrons. The van der Waals surface area contributed by atoms with Crippen molar-refractivity contribution >= 4 is 17.1 Å². The minimum Gasteiger partial charge on any atom is -0.453 e. The van der Waals surface area contributed by atoms with Crippen LogP contribution in [0.5, 0.6) is 0 Å². The molecule has 2 unspecified atom stereocenters. The molecule has 1 N–H and O–H groups in total. The van der Waals surface area contributed by atoms with Crippen LogP contribution in [-0.4, -0.2) is 70.8 Å². The number of aryl methyl sites for hydroxylation is 1. The van der Waals surface area contributed by atoms with Gasteiger partial charge in [0.25, 0.3) is 0 Å². The van der Waals surface area contributed by atoms with Crippen LogP contribution in [0.1, 0.15) is 55.6 Å². The lowest BCUT2D eigenvalue weighted by Crippen LogP contribution is -2.53. The van der Waals surface area contributed by atoms with E-state index in [1.54, 1.807) is 4.90 Å². The normalized spacial score (nSPS) is 24.8. The smallest absolute Gasteiger partial charge is 0.409 e. The van der Waals surface area contributed by atoms with Gasteiger partial charge >= 0.3 is 6.09 Å². The first kappa shape index (κ1) is 24.4. The molecular weight excluding hydrogens is 462 g/mol. The summed E-state index contributed by atoms with van der Waals surface area (Å²) in [4.78, 5) is 21.1. The zero-order valence-corrected chi connectivity index (χ0v) is 22.1. The molecule has 37 heavy (non-hydrogen) atoms. The van der Waals surface area contributed by atoms with Crippen LogP contribution in [0.15, 0.2) is 54.6 Å². The number of rotatable bonds is 8. The van der Waals surface area contributed by atoms with Crippen molar-refractivity contribution in [3.05, 3.63) is 66.0 Å². The molecule has 1 amide bonds. The van der Waals surface area contributed by atoms with Gasteiger partial charge in [0.2, 0.25) is 0 Å². The summed E-state index contributed by atoms with van der Waals surface area (Å²) in [6.07, 6.45) is 5.93. The number of hydrogen-bond acceptors (Lipinski definition) is 5. The van der Waals surface area contributed by atoms with Crippen LogP contribution in [0.4, 0.5) is 4.79 Å². The molecule has 3 atom stereocenters. The van der Waals surface area contributed by atoms with E-state index in [2.05, 4.69) is 76.3 Å². The Labute approximate surface area is 219 Å². The number of fused-ring (bicyclic) bond motifs is 3. The largest absolute Gasteiger partial charge is 0.453 e. The van der Waals surface area contributed by atoms with Crippen LogP contribution in [-0.2, 0) is 4.74 Å². The van der Waals surface area contributed by atoms with Crippen molar-refractivity contribution in [2.45, 2.75) is 63.2 Å². The van der Waals surface area contributed by atoms with Crippen LogP contribution < -0.4 is 5.32 Å². The zero-order chi connectivity index (χ0) is 25.4. The Morgan fingerprint density at radius 3 is 2.46 bits per heavy atom. The van der Waals surface area contributed by atoms with Crippen molar-refractivity contribution in [2.24, 2.45) is 5.92 Å². The first-order chi connectivity index (χ1) is 18.1. The average Bonchev–Trinajstić information content (AvgIpc) is 3.35. The first-order valence-electron chi connectivity index (χ1n) is 13.9. The lowest BCUT2D eigenvalue weighted by molar-refractivity contribution is 0.0656. The van der Waals surface area contributed by atoms with Crippen LogP contribution in [0.3, 0.4) is 0 Å². The van der Waals surface area contributed by atoms with Crippen molar-refractivity contribution in [3.8, 4) is 0 Å². The van der Waals surface area contributed by atoms with Crippen LogP contribution >= 0.6 is 0 Å². The fraction of sp³-hybridized carbons (Fsp3) is 0.533. The van der Waals surface area contributed by atoms with E-state index in [0.29, 0.717) is 30.1 Å². The Kier molecular flexibility index (Phi) is 6.91. The number of amides is 1. The summed E-state index contributed by atoms with van der Waals surface area (Å²) in [5, 5.41) is 3.85. The number of likely N-dealkylation sites (tertiary alicyclic amines) is 1. The summed E-state index contributed by atoms with van der Waals surface area (Å²) >= 11 is 0. The topological polar surface area (TPSA) is 62.6 Å². The number of imidazole rings is 1. The van der Waals surface area contributed by atoms with Crippen molar-refractivity contribution in [3.63, 3.8) is 0 Å². The summed E-state index contributed by atoms with van der Waals surface area (Å²) in [5.41, 5.74) is 3.76. The summed E-state index contributed by atoms with van der Waals surface area (Å²) in [5.74, 6) is 1.64. The van der Waals surface area contributed by atoms with Crippen molar-refractivity contribution in [2.75, 3.05) is 33.3 Å². The average molecular weight is 502 g/mol. The molecule has 3 aromatic rings. The predicted octanol–water partition coefficient (Wildman–Crippen LogP) is 4.93. The molecule has 2 aromatic carbocycles. The quantitative estimate of drug-likeness (QED) is 0.474. The second-order valence-corrected chi connectivity index (χ2v) is 11.2. The Morgan fingerprint density at radius 1 is 1.03 bits per heavy atom. The van der Waals surface area contributed by atoms with Gasteiger partial charge in [0.05, 0.1) is 18.1 Å². The Morgan fingerprint density at radius 2 is 1.73 bits per heavy atom. The lowest BCUT2D eigenvalue weighted by Gasteiger charge is -2.41. The fourth-order valence-corrected chi connectivity index (χ4v) is 7.08. The van der Waals surface area contributed by atoms with Gasteiger partial charge in [-0.15, -0.1) is 0 Å². The summed E-state index contributed by atoms with van der Waals surface area (Å²) in [7, 11) is 1.45. The number of nitrogens with one attached hydrogen (secondary N) is 1. The molecule has 3 aliphatic rings. The molecule has 7 nitrogen and oxygen atoms in total. The number of piperidine rings is 1. The van der Waals surface area contributed by atoms with E-state index in [0.717, 1.165) is 43.9 Å². The van der Waals surface area contributed by atoms with E-state index in [4.69, 9.17) is 9.72 Å². The second-order valence-electron chi connectivity index (χ2n) is 11.2. The van der Waals surface area contributed by atoms with Crippen molar-refractivity contribution in [1.82, 2.24) is 24.7 Å².